The third kappa shape index (κ3) is 6.85. The van der Waals surface area contributed by atoms with Crippen molar-refractivity contribution in [2.75, 3.05) is 19.6 Å². The van der Waals surface area contributed by atoms with Gasteiger partial charge >= 0.3 is 0 Å². The lowest BCUT2D eigenvalue weighted by molar-refractivity contribution is -0.133. The lowest BCUT2D eigenvalue weighted by Crippen LogP contribution is -2.54. The van der Waals surface area contributed by atoms with Gasteiger partial charge < -0.3 is 15.5 Å². The molecule has 166 valence electrons. The number of nitrogens with one attached hydrogen (secondary N) is 2. The molecule has 1 atom stereocenters. The van der Waals surface area contributed by atoms with Crippen molar-refractivity contribution < 1.29 is 14.4 Å². The van der Waals surface area contributed by atoms with Gasteiger partial charge in [-0.3, -0.25) is 14.4 Å². The number of hydrogen-bond donors (Lipinski definition) is 2. The van der Waals surface area contributed by atoms with Gasteiger partial charge in [0.15, 0.2) is 0 Å². The maximum Gasteiger partial charge on any atom is 0.252 e. The molecule has 1 aromatic rings. The van der Waals surface area contributed by atoms with E-state index < -0.39 is 6.04 Å². The van der Waals surface area contributed by atoms with E-state index in [1.54, 1.807) is 6.07 Å². The molecular weight excluding hydrogens is 378 g/mol. The molecule has 0 saturated carbocycles. The summed E-state index contributed by atoms with van der Waals surface area (Å²) in [6.45, 7) is 11.9. The van der Waals surface area contributed by atoms with E-state index in [4.69, 9.17) is 0 Å². The smallest absolute Gasteiger partial charge is 0.252 e. The minimum atomic E-state index is -0.599. The van der Waals surface area contributed by atoms with E-state index in [1.165, 1.54) is 0 Å². The first-order valence-corrected chi connectivity index (χ1v) is 11.1. The Hall–Kier alpha value is -2.37. The van der Waals surface area contributed by atoms with Gasteiger partial charge in [0.05, 0.1) is 0 Å². The minimum Gasteiger partial charge on any atom is -0.354 e. The fourth-order valence-corrected chi connectivity index (χ4v) is 3.82. The van der Waals surface area contributed by atoms with E-state index in [0.717, 1.165) is 5.56 Å². The Morgan fingerprint density at radius 1 is 1.03 bits per heavy atom. The Kier molecular flexibility index (Phi) is 8.88. The molecule has 1 aromatic carbocycles. The fourth-order valence-electron chi connectivity index (χ4n) is 3.82. The zero-order chi connectivity index (χ0) is 22.3. The second-order valence-corrected chi connectivity index (χ2v) is 9.22. The number of benzene rings is 1. The van der Waals surface area contributed by atoms with Crippen molar-refractivity contribution in [1.29, 1.82) is 0 Å². The van der Waals surface area contributed by atoms with Crippen molar-refractivity contribution >= 4 is 17.7 Å². The van der Waals surface area contributed by atoms with Crippen LogP contribution in [-0.4, -0.2) is 48.3 Å². The number of nitrogens with zero attached hydrogens (tertiary/aromatic N) is 1. The quantitative estimate of drug-likeness (QED) is 0.685. The highest BCUT2D eigenvalue weighted by atomic mass is 16.2. The molecule has 6 heteroatoms. The molecule has 1 aliphatic heterocycles. The lowest BCUT2D eigenvalue weighted by atomic mass is 9.88. The summed E-state index contributed by atoms with van der Waals surface area (Å²) in [5.41, 5.74) is 1.47. The Bertz CT molecular complexity index is 737. The number of amides is 3. The molecule has 0 aliphatic carbocycles. The summed E-state index contributed by atoms with van der Waals surface area (Å²) in [4.78, 5) is 40.1. The summed E-state index contributed by atoms with van der Waals surface area (Å²) in [6, 6.07) is 6.79. The standard InChI is InChI=1S/C24H37N3O3/c1-16(2)14-21(28)27-12-10-19(11-13-27)22(24(30)25-15-17(3)4)26-23(29)20-9-7-6-8-18(20)5/h6-9,16-17,19,22H,10-15H2,1-5H3,(H,25,30)(H,26,29)/t22-/m0/s1. The Balaban J connectivity index is 2.08. The van der Waals surface area contributed by atoms with Crippen LogP contribution in [0.1, 0.15) is 62.9 Å². The molecule has 3 amide bonds. The van der Waals surface area contributed by atoms with E-state index in [9.17, 15) is 14.4 Å². The highest BCUT2D eigenvalue weighted by molar-refractivity contribution is 5.98. The third-order valence-corrected chi connectivity index (χ3v) is 5.59. The largest absolute Gasteiger partial charge is 0.354 e. The average molecular weight is 416 g/mol. The molecule has 0 aromatic heterocycles. The maximum atomic E-state index is 13.0. The predicted octanol–water partition coefficient (Wildman–Crippen LogP) is 3.15. The van der Waals surface area contributed by atoms with Crippen LogP contribution < -0.4 is 10.6 Å². The molecule has 1 aliphatic rings. The van der Waals surface area contributed by atoms with E-state index >= 15 is 0 Å². The van der Waals surface area contributed by atoms with Gasteiger partial charge in [-0.2, -0.15) is 0 Å². The van der Waals surface area contributed by atoms with Crippen LogP contribution in [0.3, 0.4) is 0 Å². The summed E-state index contributed by atoms with van der Waals surface area (Å²) < 4.78 is 0. The second-order valence-electron chi connectivity index (χ2n) is 9.22. The fraction of sp³-hybridized carbons (Fsp3) is 0.625. The zero-order valence-electron chi connectivity index (χ0n) is 19.0. The van der Waals surface area contributed by atoms with Crippen LogP contribution in [0.5, 0.6) is 0 Å². The van der Waals surface area contributed by atoms with Crippen LogP contribution in [0.4, 0.5) is 0 Å². The van der Waals surface area contributed by atoms with Gasteiger partial charge in [-0.25, -0.2) is 0 Å². The Labute approximate surface area is 180 Å². The minimum absolute atomic E-state index is 0.00762. The van der Waals surface area contributed by atoms with Crippen LogP contribution >= 0.6 is 0 Å². The van der Waals surface area contributed by atoms with E-state index in [1.807, 2.05) is 57.7 Å². The van der Waals surface area contributed by atoms with Gasteiger partial charge in [0.25, 0.3) is 5.91 Å². The number of carbonyl (C=O) groups excluding carboxylic acids is 3. The van der Waals surface area contributed by atoms with Gasteiger partial charge in [0, 0.05) is 31.6 Å². The van der Waals surface area contributed by atoms with Crippen molar-refractivity contribution in [1.82, 2.24) is 15.5 Å². The van der Waals surface area contributed by atoms with E-state index in [-0.39, 0.29) is 23.6 Å². The first-order valence-electron chi connectivity index (χ1n) is 11.1. The second kappa shape index (κ2) is 11.1. The van der Waals surface area contributed by atoms with Crippen LogP contribution in [-0.2, 0) is 9.59 Å². The highest BCUT2D eigenvalue weighted by Gasteiger charge is 2.34. The lowest BCUT2D eigenvalue weighted by Gasteiger charge is -2.36. The number of rotatable bonds is 8. The van der Waals surface area contributed by atoms with Crippen molar-refractivity contribution in [3.05, 3.63) is 35.4 Å². The van der Waals surface area contributed by atoms with Crippen LogP contribution in [0.2, 0.25) is 0 Å². The van der Waals surface area contributed by atoms with Crippen molar-refractivity contribution in [3.63, 3.8) is 0 Å². The maximum absolute atomic E-state index is 13.0. The SMILES string of the molecule is Cc1ccccc1C(=O)N[C@H](C(=O)NCC(C)C)C1CCN(C(=O)CC(C)C)CC1. The van der Waals surface area contributed by atoms with E-state index in [2.05, 4.69) is 10.6 Å². The van der Waals surface area contributed by atoms with Crippen molar-refractivity contribution in [2.45, 2.75) is 59.9 Å². The number of aryl methyl sites for hydroxylation is 1. The average Bonchev–Trinajstić information content (AvgIpc) is 2.70. The number of carbonyl (C=O) groups is 3. The summed E-state index contributed by atoms with van der Waals surface area (Å²) in [5.74, 6) is 0.477. The molecule has 1 fully saturated rings. The van der Waals surface area contributed by atoms with Gasteiger partial charge in [0.2, 0.25) is 11.8 Å². The van der Waals surface area contributed by atoms with Crippen LogP contribution in [0.25, 0.3) is 0 Å². The summed E-state index contributed by atoms with van der Waals surface area (Å²) >= 11 is 0. The molecule has 0 radical (unpaired) electrons. The van der Waals surface area contributed by atoms with Crippen molar-refractivity contribution in [3.8, 4) is 0 Å². The molecule has 0 unspecified atom stereocenters. The van der Waals surface area contributed by atoms with Gasteiger partial charge in [-0.05, 0) is 49.1 Å². The molecule has 0 spiro atoms. The normalized spacial score (nSPS) is 15.9. The molecule has 30 heavy (non-hydrogen) atoms. The molecule has 2 N–H and O–H groups in total. The molecule has 1 heterocycles. The molecule has 6 nitrogen and oxygen atoms in total. The Morgan fingerprint density at radius 3 is 2.23 bits per heavy atom. The van der Waals surface area contributed by atoms with Gasteiger partial charge in [-0.1, -0.05) is 45.9 Å². The van der Waals surface area contributed by atoms with E-state index in [0.29, 0.717) is 56.3 Å². The first-order chi connectivity index (χ1) is 14.2. The summed E-state index contributed by atoms with van der Waals surface area (Å²) in [6.07, 6.45) is 1.96. The summed E-state index contributed by atoms with van der Waals surface area (Å²) in [7, 11) is 0. The van der Waals surface area contributed by atoms with Crippen molar-refractivity contribution in [2.24, 2.45) is 17.8 Å². The monoisotopic (exact) mass is 415 g/mol. The molecular formula is C24H37N3O3. The van der Waals surface area contributed by atoms with Gasteiger partial charge in [-0.15, -0.1) is 0 Å². The predicted molar refractivity (Wildman–Crippen MR) is 119 cm³/mol. The Morgan fingerprint density at radius 2 is 1.67 bits per heavy atom. The topological polar surface area (TPSA) is 78.5 Å². The molecule has 0 bridgehead atoms. The molecule has 1 saturated heterocycles. The number of piperidine rings is 1. The third-order valence-electron chi connectivity index (χ3n) is 5.59. The first kappa shape index (κ1) is 23.9. The van der Waals surface area contributed by atoms with Crippen LogP contribution in [0.15, 0.2) is 24.3 Å². The van der Waals surface area contributed by atoms with Crippen LogP contribution in [0, 0.1) is 24.7 Å². The molecule has 2 rings (SSSR count). The number of hydrogen-bond acceptors (Lipinski definition) is 3. The highest BCUT2D eigenvalue weighted by Crippen LogP contribution is 2.23. The zero-order valence-corrected chi connectivity index (χ0v) is 19.0. The van der Waals surface area contributed by atoms with Gasteiger partial charge in [0.1, 0.15) is 6.04 Å². The summed E-state index contributed by atoms with van der Waals surface area (Å²) in [5, 5.41) is 5.97. The number of likely N-dealkylation sites (tertiary alicyclic amines) is 1.